The summed E-state index contributed by atoms with van der Waals surface area (Å²) in [5, 5.41) is 0. The molecule has 1 aliphatic carbocycles. The third-order valence-corrected chi connectivity index (χ3v) is 3.95. The molecule has 100 valence electrons. The molecule has 18 heavy (non-hydrogen) atoms. The van der Waals surface area contributed by atoms with E-state index in [1.807, 2.05) is 18.2 Å². The van der Waals surface area contributed by atoms with Crippen molar-refractivity contribution in [2.75, 3.05) is 20.7 Å². The Morgan fingerprint density at radius 1 is 1.39 bits per heavy atom. The predicted molar refractivity (Wildman–Crippen MR) is 74.8 cm³/mol. The Hall–Kier alpha value is -1.06. The van der Waals surface area contributed by atoms with Gasteiger partial charge in [0.25, 0.3) is 0 Å². The fourth-order valence-corrected chi connectivity index (χ4v) is 2.78. The van der Waals surface area contributed by atoms with E-state index < -0.39 is 0 Å². The van der Waals surface area contributed by atoms with Crippen LogP contribution in [-0.2, 0) is 0 Å². The monoisotopic (exact) mass is 248 g/mol. The molecule has 1 unspecified atom stereocenters. The zero-order valence-electron chi connectivity index (χ0n) is 11.4. The van der Waals surface area contributed by atoms with Crippen molar-refractivity contribution in [1.29, 1.82) is 0 Å². The molecule has 0 aromatic heterocycles. The molecule has 3 heteroatoms. The summed E-state index contributed by atoms with van der Waals surface area (Å²) >= 11 is 0. The molecular formula is C15H24N2O. The number of rotatable bonds is 5. The van der Waals surface area contributed by atoms with Crippen LogP contribution >= 0.6 is 0 Å². The number of nitrogens with zero attached hydrogens (tertiary/aromatic N) is 1. The number of ether oxygens (including phenoxy) is 1. The molecule has 2 N–H and O–H groups in total. The quantitative estimate of drug-likeness (QED) is 0.870. The lowest BCUT2D eigenvalue weighted by atomic mass is 10.1. The number of hydrogen-bond donors (Lipinski definition) is 1. The fraction of sp³-hybridized carbons (Fsp3) is 0.600. The maximum atomic E-state index is 6.29. The van der Waals surface area contributed by atoms with E-state index in [1.165, 1.54) is 25.7 Å². The molecule has 0 bridgehead atoms. The van der Waals surface area contributed by atoms with Crippen LogP contribution in [0.25, 0.3) is 0 Å². The minimum Gasteiger partial charge on any atom is -0.497 e. The number of hydrogen-bond acceptors (Lipinski definition) is 3. The second-order valence-electron chi connectivity index (χ2n) is 5.26. The number of methoxy groups -OCH3 is 1. The van der Waals surface area contributed by atoms with Crippen molar-refractivity contribution in [3.63, 3.8) is 0 Å². The highest BCUT2D eigenvalue weighted by Gasteiger charge is 2.21. The molecule has 0 heterocycles. The Kier molecular flexibility index (Phi) is 4.61. The maximum Gasteiger partial charge on any atom is 0.119 e. The topological polar surface area (TPSA) is 38.5 Å². The van der Waals surface area contributed by atoms with E-state index in [0.717, 1.165) is 23.9 Å². The smallest absolute Gasteiger partial charge is 0.119 e. The molecule has 0 spiro atoms. The lowest BCUT2D eigenvalue weighted by Gasteiger charge is -2.27. The van der Waals surface area contributed by atoms with Crippen molar-refractivity contribution in [2.24, 2.45) is 5.73 Å². The minimum atomic E-state index is 0.0608. The summed E-state index contributed by atoms with van der Waals surface area (Å²) in [5.74, 6) is 0.881. The van der Waals surface area contributed by atoms with Gasteiger partial charge in [-0.25, -0.2) is 0 Å². The first-order valence-corrected chi connectivity index (χ1v) is 6.80. The van der Waals surface area contributed by atoms with Crippen LogP contribution < -0.4 is 10.5 Å². The molecule has 0 saturated heterocycles. The highest BCUT2D eigenvalue weighted by Crippen LogP contribution is 2.24. The van der Waals surface area contributed by atoms with Crippen LogP contribution in [0.1, 0.15) is 37.3 Å². The lowest BCUT2D eigenvalue weighted by molar-refractivity contribution is 0.231. The molecule has 3 nitrogen and oxygen atoms in total. The average molecular weight is 248 g/mol. The van der Waals surface area contributed by atoms with Crippen molar-refractivity contribution in [1.82, 2.24) is 4.90 Å². The maximum absolute atomic E-state index is 6.29. The van der Waals surface area contributed by atoms with Gasteiger partial charge in [-0.2, -0.15) is 0 Å². The van der Waals surface area contributed by atoms with Crippen LogP contribution in [0, 0.1) is 0 Å². The molecule has 2 rings (SSSR count). The number of likely N-dealkylation sites (N-methyl/N-ethyl adjacent to an activating group) is 1. The summed E-state index contributed by atoms with van der Waals surface area (Å²) in [7, 11) is 3.88. The van der Waals surface area contributed by atoms with Crippen molar-refractivity contribution < 1.29 is 4.74 Å². The van der Waals surface area contributed by atoms with Gasteiger partial charge in [-0.3, -0.25) is 0 Å². The van der Waals surface area contributed by atoms with E-state index in [9.17, 15) is 0 Å². The molecular weight excluding hydrogens is 224 g/mol. The molecule has 0 amide bonds. The van der Waals surface area contributed by atoms with Gasteiger partial charge < -0.3 is 15.4 Å². The van der Waals surface area contributed by atoms with Crippen LogP contribution in [0.2, 0.25) is 0 Å². The van der Waals surface area contributed by atoms with Crippen molar-refractivity contribution in [3.05, 3.63) is 29.8 Å². The largest absolute Gasteiger partial charge is 0.497 e. The van der Waals surface area contributed by atoms with Crippen molar-refractivity contribution in [3.8, 4) is 5.75 Å². The summed E-state index contributed by atoms with van der Waals surface area (Å²) < 4.78 is 5.24. The molecule has 1 aliphatic rings. The van der Waals surface area contributed by atoms with Gasteiger partial charge in [-0.1, -0.05) is 25.0 Å². The molecule has 1 aromatic rings. The Morgan fingerprint density at radius 3 is 2.78 bits per heavy atom. The van der Waals surface area contributed by atoms with Gasteiger partial charge in [-0.15, -0.1) is 0 Å². The second kappa shape index (κ2) is 6.21. The molecule has 0 radical (unpaired) electrons. The van der Waals surface area contributed by atoms with Crippen LogP contribution in [0.15, 0.2) is 24.3 Å². The lowest BCUT2D eigenvalue weighted by Crippen LogP contribution is -2.35. The van der Waals surface area contributed by atoms with Crippen LogP contribution in [0.4, 0.5) is 0 Å². The zero-order chi connectivity index (χ0) is 13.0. The molecule has 0 aliphatic heterocycles. The first-order chi connectivity index (χ1) is 8.70. The minimum absolute atomic E-state index is 0.0608. The number of nitrogens with two attached hydrogens (primary N) is 1. The van der Waals surface area contributed by atoms with Gasteiger partial charge in [0.2, 0.25) is 0 Å². The van der Waals surface area contributed by atoms with Gasteiger partial charge in [-0.05, 0) is 37.6 Å². The Balaban J connectivity index is 1.95. The Labute approximate surface area is 110 Å². The van der Waals surface area contributed by atoms with Crippen LogP contribution in [-0.4, -0.2) is 31.6 Å². The van der Waals surface area contributed by atoms with E-state index in [1.54, 1.807) is 7.11 Å². The van der Waals surface area contributed by atoms with Gasteiger partial charge in [0.1, 0.15) is 5.75 Å². The highest BCUT2D eigenvalue weighted by atomic mass is 16.5. The van der Waals surface area contributed by atoms with Crippen molar-refractivity contribution in [2.45, 2.75) is 37.8 Å². The van der Waals surface area contributed by atoms with Crippen molar-refractivity contribution >= 4 is 0 Å². The standard InChI is InChI=1S/C15H24N2O/c1-17(13-7-3-4-8-13)11-15(16)12-6-5-9-14(10-12)18-2/h5-6,9-10,13,15H,3-4,7-8,11,16H2,1-2H3. The Bertz CT molecular complexity index is 375. The van der Waals surface area contributed by atoms with Gasteiger partial charge in [0.05, 0.1) is 7.11 Å². The molecule has 1 fully saturated rings. The second-order valence-corrected chi connectivity index (χ2v) is 5.26. The molecule has 1 saturated carbocycles. The SMILES string of the molecule is COc1cccc(C(N)CN(C)C2CCCC2)c1. The van der Waals surface area contributed by atoms with E-state index in [2.05, 4.69) is 18.0 Å². The van der Waals surface area contributed by atoms with Gasteiger partial charge in [0.15, 0.2) is 0 Å². The first kappa shape index (κ1) is 13.4. The van der Waals surface area contributed by atoms with E-state index in [-0.39, 0.29) is 6.04 Å². The van der Waals surface area contributed by atoms with E-state index >= 15 is 0 Å². The molecule has 1 aromatic carbocycles. The van der Waals surface area contributed by atoms with Crippen LogP contribution in [0.3, 0.4) is 0 Å². The summed E-state index contributed by atoms with van der Waals surface area (Å²) in [6, 6.07) is 8.86. The normalized spacial score (nSPS) is 18.2. The fourth-order valence-electron chi connectivity index (χ4n) is 2.78. The van der Waals surface area contributed by atoms with E-state index in [0.29, 0.717) is 0 Å². The van der Waals surface area contributed by atoms with Gasteiger partial charge in [0, 0.05) is 18.6 Å². The zero-order valence-corrected chi connectivity index (χ0v) is 11.4. The highest BCUT2D eigenvalue weighted by molar-refractivity contribution is 5.30. The molecule has 1 atom stereocenters. The Morgan fingerprint density at radius 2 is 2.11 bits per heavy atom. The average Bonchev–Trinajstić information content (AvgIpc) is 2.92. The van der Waals surface area contributed by atoms with E-state index in [4.69, 9.17) is 10.5 Å². The summed E-state index contributed by atoms with van der Waals surface area (Å²) in [6.07, 6.45) is 5.37. The summed E-state index contributed by atoms with van der Waals surface area (Å²) in [6.45, 7) is 0.915. The summed E-state index contributed by atoms with van der Waals surface area (Å²) in [5.41, 5.74) is 7.44. The predicted octanol–water partition coefficient (Wildman–Crippen LogP) is 2.57. The summed E-state index contributed by atoms with van der Waals surface area (Å²) in [4.78, 5) is 2.41. The van der Waals surface area contributed by atoms with Gasteiger partial charge >= 0.3 is 0 Å². The van der Waals surface area contributed by atoms with Crippen LogP contribution in [0.5, 0.6) is 5.75 Å². The first-order valence-electron chi connectivity index (χ1n) is 6.80. The third kappa shape index (κ3) is 3.24. The number of benzene rings is 1. The third-order valence-electron chi connectivity index (χ3n) is 3.95.